The van der Waals surface area contributed by atoms with Crippen LogP contribution in [0.15, 0.2) is 39.9 Å². The maximum Gasteiger partial charge on any atom is 0.335 e. The van der Waals surface area contributed by atoms with Crippen molar-refractivity contribution in [1.29, 1.82) is 0 Å². The predicted octanol–water partition coefficient (Wildman–Crippen LogP) is 1.90. The monoisotopic (exact) mass is 398 g/mol. The van der Waals surface area contributed by atoms with Gasteiger partial charge in [0, 0.05) is 12.8 Å². The van der Waals surface area contributed by atoms with Crippen LogP contribution in [0, 0.1) is 0 Å². The molecule has 0 aliphatic carbocycles. The molecule has 0 saturated heterocycles. The molecule has 26 heavy (non-hydrogen) atoms. The van der Waals surface area contributed by atoms with Gasteiger partial charge in [-0.25, -0.2) is 13.2 Å². The van der Waals surface area contributed by atoms with Gasteiger partial charge in [-0.3, -0.25) is 4.79 Å². The fourth-order valence-corrected chi connectivity index (χ4v) is 4.36. The number of carboxylic acid groups (broad SMARTS) is 1. The number of benzene rings is 1. The van der Waals surface area contributed by atoms with Crippen molar-refractivity contribution in [2.75, 3.05) is 12.4 Å². The lowest BCUT2D eigenvalue weighted by Gasteiger charge is -2.15. The number of sulfonamides is 1. The van der Waals surface area contributed by atoms with Crippen LogP contribution in [-0.4, -0.2) is 38.6 Å². The highest BCUT2D eigenvalue weighted by atomic mass is 32.2. The summed E-state index contributed by atoms with van der Waals surface area (Å²) >= 11 is 1.04. The molecule has 0 bridgehead atoms. The molecule has 3 N–H and O–H groups in total. The van der Waals surface area contributed by atoms with Gasteiger partial charge >= 0.3 is 5.97 Å². The van der Waals surface area contributed by atoms with Crippen molar-refractivity contribution in [3.05, 3.63) is 46.8 Å². The Labute approximate surface area is 154 Å². The van der Waals surface area contributed by atoms with E-state index in [1.807, 2.05) is 0 Å². The first-order valence-corrected chi connectivity index (χ1v) is 9.82. The number of ether oxygens (including phenoxy) is 1. The molecule has 8 nitrogen and oxygen atoms in total. The molecule has 0 radical (unpaired) electrons. The fraction of sp³-hybridized carbons (Fsp3) is 0.250. The zero-order chi connectivity index (χ0) is 19.3. The van der Waals surface area contributed by atoms with E-state index in [4.69, 9.17) is 9.84 Å². The summed E-state index contributed by atoms with van der Waals surface area (Å²) in [6.45, 7) is 1.57. The molecule has 1 atom stereocenters. The minimum atomic E-state index is -3.80. The second-order valence-electron chi connectivity index (χ2n) is 5.42. The van der Waals surface area contributed by atoms with Crippen LogP contribution in [0.4, 0.5) is 5.69 Å². The number of thiophene rings is 1. The van der Waals surface area contributed by atoms with Crippen molar-refractivity contribution < 1.29 is 27.9 Å². The van der Waals surface area contributed by atoms with E-state index in [1.165, 1.54) is 32.2 Å². The maximum absolute atomic E-state index is 12.3. The minimum Gasteiger partial charge on any atom is -0.478 e. The Morgan fingerprint density at radius 1 is 1.31 bits per heavy atom. The van der Waals surface area contributed by atoms with Crippen LogP contribution in [-0.2, 0) is 26.2 Å². The fourth-order valence-electron chi connectivity index (χ4n) is 2.15. The summed E-state index contributed by atoms with van der Waals surface area (Å²) in [5.41, 5.74) is 0.792. The van der Waals surface area contributed by atoms with Crippen LogP contribution in [0.1, 0.15) is 22.8 Å². The van der Waals surface area contributed by atoms with Crippen molar-refractivity contribution in [2.24, 2.45) is 0 Å². The Bertz CT molecular complexity index is 893. The molecule has 0 saturated carbocycles. The van der Waals surface area contributed by atoms with E-state index in [-0.39, 0.29) is 22.1 Å². The highest BCUT2D eigenvalue weighted by Crippen LogP contribution is 2.18. The van der Waals surface area contributed by atoms with Gasteiger partial charge < -0.3 is 15.2 Å². The summed E-state index contributed by atoms with van der Waals surface area (Å²) in [7, 11) is -2.33. The molecular formula is C16H18N2O6S2. The Balaban J connectivity index is 2.14. The molecule has 2 aromatic rings. The molecule has 1 aromatic carbocycles. The summed E-state index contributed by atoms with van der Waals surface area (Å²) in [5.74, 6) is -1.76. The molecule has 0 spiro atoms. The number of carbonyl (C=O) groups is 2. The van der Waals surface area contributed by atoms with Crippen molar-refractivity contribution in [2.45, 2.75) is 23.8 Å². The summed E-state index contributed by atoms with van der Waals surface area (Å²) in [6.07, 6.45) is 0. The van der Waals surface area contributed by atoms with Gasteiger partial charge in [-0.2, -0.15) is 4.72 Å². The SMILES string of the molecule is COCc1cc(NC(=O)C(C)NS(=O)(=O)c2cccs2)cc(C(=O)O)c1. The normalized spacial score (nSPS) is 12.5. The zero-order valence-electron chi connectivity index (χ0n) is 14.1. The average molecular weight is 398 g/mol. The van der Waals surface area contributed by atoms with Crippen LogP contribution in [0.25, 0.3) is 0 Å². The third-order valence-corrected chi connectivity index (χ3v) is 6.24. The van der Waals surface area contributed by atoms with E-state index in [9.17, 15) is 18.0 Å². The number of amides is 1. The number of anilines is 1. The molecular weight excluding hydrogens is 380 g/mol. The van der Waals surface area contributed by atoms with Gasteiger partial charge in [0.15, 0.2) is 0 Å². The molecule has 0 aliphatic heterocycles. The summed E-state index contributed by atoms with van der Waals surface area (Å²) in [4.78, 5) is 23.5. The second-order valence-corrected chi connectivity index (χ2v) is 8.31. The first-order chi connectivity index (χ1) is 12.2. The Hall–Kier alpha value is -2.27. The Morgan fingerprint density at radius 3 is 2.62 bits per heavy atom. The van der Waals surface area contributed by atoms with Gasteiger partial charge in [-0.15, -0.1) is 11.3 Å². The lowest BCUT2D eigenvalue weighted by Crippen LogP contribution is -2.41. The first-order valence-electron chi connectivity index (χ1n) is 7.46. The van der Waals surface area contributed by atoms with Gasteiger partial charge in [-0.1, -0.05) is 6.07 Å². The molecule has 2 rings (SSSR count). The summed E-state index contributed by atoms with van der Waals surface area (Å²) < 4.78 is 31.7. The Morgan fingerprint density at radius 2 is 2.04 bits per heavy atom. The number of carboxylic acids is 1. The van der Waals surface area contributed by atoms with Gasteiger partial charge in [0.25, 0.3) is 10.0 Å². The predicted molar refractivity (Wildman–Crippen MR) is 96.8 cm³/mol. The van der Waals surface area contributed by atoms with E-state index in [0.717, 1.165) is 11.3 Å². The van der Waals surface area contributed by atoms with Crippen molar-refractivity contribution >= 4 is 38.9 Å². The molecule has 1 aromatic heterocycles. The van der Waals surface area contributed by atoms with Crippen LogP contribution in [0.2, 0.25) is 0 Å². The third kappa shape index (κ3) is 5.11. The number of hydrogen-bond acceptors (Lipinski definition) is 6. The van der Waals surface area contributed by atoms with E-state index in [2.05, 4.69) is 10.0 Å². The highest BCUT2D eigenvalue weighted by molar-refractivity contribution is 7.91. The topological polar surface area (TPSA) is 122 Å². The molecule has 1 unspecified atom stereocenters. The van der Waals surface area contributed by atoms with Crippen LogP contribution in [0.3, 0.4) is 0 Å². The molecule has 1 amide bonds. The Kier molecular flexibility index (Phi) is 6.48. The zero-order valence-corrected chi connectivity index (χ0v) is 15.7. The number of aromatic carboxylic acids is 1. The third-order valence-electron chi connectivity index (χ3n) is 3.30. The van der Waals surface area contributed by atoms with Gasteiger partial charge in [0.2, 0.25) is 5.91 Å². The van der Waals surface area contributed by atoms with Gasteiger partial charge in [-0.05, 0) is 42.1 Å². The molecule has 10 heteroatoms. The van der Waals surface area contributed by atoms with Crippen molar-refractivity contribution in [1.82, 2.24) is 4.72 Å². The quantitative estimate of drug-likeness (QED) is 0.624. The standard InChI is InChI=1S/C16H18N2O6S2/c1-10(18-26(22,23)14-4-3-5-25-14)15(19)17-13-7-11(9-24-2)6-12(8-13)16(20)21/h3-8,10,18H,9H2,1-2H3,(H,17,19)(H,20,21). The molecule has 0 aliphatic rings. The van der Waals surface area contributed by atoms with E-state index in [0.29, 0.717) is 5.56 Å². The van der Waals surface area contributed by atoms with Crippen LogP contribution < -0.4 is 10.0 Å². The highest BCUT2D eigenvalue weighted by Gasteiger charge is 2.23. The average Bonchev–Trinajstić information content (AvgIpc) is 3.09. The maximum atomic E-state index is 12.3. The van der Waals surface area contributed by atoms with Gasteiger partial charge in [0.1, 0.15) is 4.21 Å². The van der Waals surface area contributed by atoms with Crippen molar-refractivity contribution in [3.8, 4) is 0 Å². The van der Waals surface area contributed by atoms with Crippen LogP contribution >= 0.6 is 11.3 Å². The minimum absolute atomic E-state index is 0.0123. The number of rotatable bonds is 8. The number of carbonyl (C=O) groups excluding carboxylic acids is 1. The van der Waals surface area contributed by atoms with Gasteiger partial charge in [0.05, 0.1) is 18.2 Å². The lowest BCUT2D eigenvalue weighted by atomic mass is 10.1. The molecule has 0 fully saturated rings. The smallest absolute Gasteiger partial charge is 0.335 e. The van der Waals surface area contributed by atoms with E-state index >= 15 is 0 Å². The van der Waals surface area contributed by atoms with Crippen molar-refractivity contribution in [3.63, 3.8) is 0 Å². The molecule has 1 heterocycles. The first kappa shape index (κ1) is 20.0. The second kappa shape index (κ2) is 8.41. The van der Waals surface area contributed by atoms with Crippen LogP contribution in [0.5, 0.6) is 0 Å². The summed E-state index contributed by atoms with van der Waals surface area (Å²) in [6, 6.07) is 6.27. The largest absolute Gasteiger partial charge is 0.478 e. The number of hydrogen-bond donors (Lipinski definition) is 3. The number of methoxy groups -OCH3 is 1. The summed E-state index contributed by atoms with van der Waals surface area (Å²) in [5, 5.41) is 13.3. The molecule has 140 valence electrons. The van der Waals surface area contributed by atoms with E-state index in [1.54, 1.807) is 17.5 Å². The number of nitrogens with one attached hydrogen (secondary N) is 2. The lowest BCUT2D eigenvalue weighted by molar-refractivity contribution is -0.117. The van der Waals surface area contributed by atoms with E-state index < -0.39 is 27.9 Å².